The Balaban J connectivity index is 2.15. The minimum absolute atomic E-state index is 0.0365. The van der Waals surface area contributed by atoms with Gasteiger partial charge < -0.3 is 38.3 Å². The van der Waals surface area contributed by atoms with Gasteiger partial charge in [0.15, 0.2) is 23.6 Å². The zero-order valence-corrected chi connectivity index (χ0v) is 23.5. The molecule has 0 radical (unpaired) electrons. The van der Waals surface area contributed by atoms with Crippen LogP contribution >= 0.6 is 7.60 Å². The molecular formula is C28H37O10P. The molecule has 3 aromatic rings. The van der Waals surface area contributed by atoms with Gasteiger partial charge in [0.1, 0.15) is 22.5 Å². The zero-order valence-electron chi connectivity index (χ0n) is 22.6. The molecule has 11 heteroatoms. The molecule has 0 aliphatic carbocycles. The fraction of sp³-hybridized carbons (Fsp3) is 0.464. The average Bonchev–Trinajstić information content (AvgIpc) is 2.88. The lowest BCUT2D eigenvalue weighted by Gasteiger charge is -2.16. The Morgan fingerprint density at radius 1 is 0.821 bits per heavy atom. The van der Waals surface area contributed by atoms with Crippen molar-refractivity contribution in [3.8, 4) is 40.1 Å². The van der Waals surface area contributed by atoms with Gasteiger partial charge in [-0.25, -0.2) is 0 Å². The van der Waals surface area contributed by atoms with E-state index >= 15 is 0 Å². The number of fused-ring (bicyclic) bond motifs is 1. The molecule has 2 aromatic carbocycles. The van der Waals surface area contributed by atoms with E-state index < -0.39 is 19.4 Å². The first-order valence-corrected chi connectivity index (χ1v) is 15.0. The zero-order chi connectivity index (χ0) is 28.4. The van der Waals surface area contributed by atoms with Crippen molar-refractivity contribution in [2.45, 2.75) is 59.3 Å². The maximum absolute atomic E-state index is 13.5. The van der Waals surface area contributed by atoms with Crippen LogP contribution in [-0.2, 0) is 4.57 Å². The Kier molecular flexibility index (Phi) is 11.1. The van der Waals surface area contributed by atoms with Crippen molar-refractivity contribution in [3.05, 3.63) is 40.6 Å². The number of aromatic hydroxyl groups is 1. The Morgan fingerprint density at radius 3 is 2.10 bits per heavy atom. The molecule has 0 saturated carbocycles. The van der Waals surface area contributed by atoms with E-state index in [4.69, 9.17) is 23.4 Å². The number of benzene rings is 2. The third-order valence-electron chi connectivity index (χ3n) is 5.77. The fourth-order valence-corrected chi connectivity index (χ4v) is 3.98. The van der Waals surface area contributed by atoms with Gasteiger partial charge in [0, 0.05) is 17.7 Å². The van der Waals surface area contributed by atoms with Crippen LogP contribution in [0.2, 0.25) is 0 Å². The molecule has 0 spiro atoms. The summed E-state index contributed by atoms with van der Waals surface area (Å²) in [7, 11) is -4.48. The van der Waals surface area contributed by atoms with E-state index in [1.807, 2.05) is 20.8 Å². The van der Waals surface area contributed by atoms with Crippen LogP contribution in [0.5, 0.6) is 28.7 Å². The van der Waals surface area contributed by atoms with Crippen LogP contribution in [0.3, 0.4) is 0 Å². The van der Waals surface area contributed by atoms with E-state index in [9.17, 15) is 24.3 Å². The summed E-state index contributed by atoms with van der Waals surface area (Å²) < 4.78 is 40.4. The SMILES string of the molecule is CCCCOc1cc(O)c2c(=O)c(OCCCC)c(-c3ccc(OCCCC)c(OCP(=O)(O)O)c3)oc2c1. The van der Waals surface area contributed by atoms with E-state index in [2.05, 4.69) is 0 Å². The summed E-state index contributed by atoms with van der Waals surface area (Å²) in [5.41, 5.74) is -0.0907. The number of unbranched alkanes of at least 4 members (excludes halogenated alkanes) is 3. The van der Waals surface area contributed by atoms with Gasteiger partial charge in [0.05, 0.1) is 19.8 Å². The molecule has 0 fully saturated rings. The van der Waals surface area contributed by atoms with E-state index in [0.717, 1.165) is 32.1 Å². The number of hydrogen-bond acceptors (Lipinski definition) is 8. The molecule has 0 amide bonds. The first-order chi connectivity index (χ1) is 18.7. The minimum Gasteiger partial charge on any atom is -0.507 e. The van der Waals surface area contributed by atoms with Crippen LogP contribution in [-0.4, -0.2) is 41.1 Å². The standard InChI is InChI=1S/C28H37O10P/c1-4-7-12-34-20-16-21(29)25-24(17-20)38-27(28(26(25)30)36-14-9-6-3)19-10-11-22(35-13-8-5-2)23(15-19)37-18-39(31,32)33/h10-11,15-17,29H,4-9,12-14,18H2,1-3H3,(H2,31,32,33). The highest BCUT2D eigenvalue weighted by molar-refractivity contribution is 7.51. The van der Waals surface area contributed by atoms with Crippen molar-refractivity contribution in [2.24, 2.45) is 0 Å². The van der Waals surface area contributed by atoms with E-state index in [-0.39, 0.29) is 40.6 Å². The van der Waals surface area contributed by atoms with Crippen molar-refractivity contribution in [2.75, 3.05) is 26.2 Å². The number of phenolic OH excluding ortho intramolecular Hbond substituents is 1. The first kappa shape index (κ1) is 30.3. The molecule has 214 valence electrons. The minimum atomic E-state index is -4.48. The Labute approximate surface area is 227 Å². The third kappa shape index (κ3) is 8.39. The van der Waals surface area contributed by atoms with E-state index in [0.29, 0.717) is 36.7 Å². The Bertz CT molecular complexity index is 1340. The molecule has 3 rings (SSSR count). The maximum atomic E-state index is 13.5. The summed E-state index contributed by atoms with van der Waals surface area (Å²) in [5.74, 6) is 0.425. The second-order valence-electron chi connectivity index (χ2n) is 9.11. The molecule has 39 heavy (non-hydrogen) atoms. The lowest BCUT2D eigenvalue weighted by atomic mass is 10.1. The van der Waals surface area contributed by atoms with Crippen LogP contribution in [0.15, 0.2) is 39.5 Å². The number of hydrogen-bond donors (Lipinski definition) is 3. The molecule has 3 N–H and O–H groups in total. The van der Waals surface area contributed by atoms with Gasteiger partial charge in [-0.05, 0) is 37.5 Å². The molecule has 0 atom stereocenters. The van der Waals surface area contributed by atoms with E-state index in [1.165, 1.54) is 12.1 Å². The molecule has 0 aliphatic heterocycles. The monoisotopic (exact) mass is 564 g/mol. The van der Waals surface area contributed by atoms with Gasteiger partial charge in [-0.3, -0.25) is 9.36 Å². The molecule has 1 aromatic heterocycles. The van der Waals surface area contributed by atoms with Crippen LogP contribution in [0.4, 0.5) is 0 Å². The maximum Gasteiger partial charge on any atom is 0.362 e. The number of phenols is 1. The first-order valence-electron chi connectivity index (χ1n) is 13.2. The van der Waals surface area contributed by atoms with Gasteiger partial charge in [-0.2, -0.15) is 0 Å². The van der Waals surface area contributed by atoms with Crippen LogP contribution in [0.1, 0.15) is 59.3 Å². The van der Waals surface area contributed by atoms with Crippen molar-refractivity contribution >= 4 is 18.6 Å². The predicted molar refractivity (Wildman–Crippen MR) is 148 cm³/mol. The van der Waals surface area contributed by atoms with Gasteiger partial charge in [0.2, 0.25) is 11.2 Å². The van der Waals surface area contributed by atoms with Crippen LogP contribution in [0.25, 0.3) is 22.3 Å². The molecule has 0 unspecified atom stereocenters. The summed E-state index contributed by atoms with van der Waals surface area (Å²) in [6.45, 7) is 7.11. The van der Waals surface area contributed by atoms with Gasteiger partial charge in [-0.15, -0.1) is 0 Å². The quantitative estimate of drug-likeness (QED) is 0.135. The number of ether oxygens (including phenoxy) is 4. The highest BCUT2D eigenvalue weighted by Crippen LogP contribution is 2.41. The Morgan fingerprint density at radius 2 is 1.46 bits per heavy atom. The third-order valence-corrected chi connectivity index (χ3v) is 6.23. The second kappa shape index (κ2) is 14.3. The topological polar surface area (TPSA) is 145 Å². The molecular weight excluding hydrogens is 527 g/mol. The molecule has 0 aliphatic rings. The van der Waals surface area contributed by atoms with Crippen molar-refractivity contribution < 1.29 is 42.8 Å². The highest BCUT2D eigenvalue weighted by Gasteiger charge is 2.23. The summed E-state index contributed by atoms with van der Waals surface area (Å²) in [4.78, 5) is 32.2. The van der Waals surface area contributed by atoms with Crippen molar-refractivity contribution in [3.63, 3.8) is 0 Å². The summed E-state index contributed by atoms with van der Waals surface area (Å²) >= 11 is 0. The van der Waals surface area contributed by atoms with Gasteiger partial charge >= 0.3 is 7.60 Å². The number of rotatable bonds is 16. The Hall–Kier alpha value is -3.20. The van der Waals surface area contributed by atoms with Crippen LogP contribution in [0, 0.1) is 0 Å². The van der Waals surface area contributed by atoms with Crippen LogP contribution < -0.4 is 24.4 Å². The van der Waals surface area contributed by atoms with Crippen molar-refractivity contribution in [1.29, 1.82) is 0 Å². The summed E-state index contributed by atoms with van der Waals surface area (Å²) in [5, 5.41) is 10.6. The second-order valence-corrected chi connectivity index (χ2v) is 10.7. The van der Waals surface area contributed by atoms with Gasteiger partial charge in [0.25, 0.3) is 0 Å². The molecule has 0 bridgehead atoms. The lowest BCUT2D eigenvalue weighted by molar-refractivity contribution is 0.267. The molecule has 10 nitrogen and oxygen atoms in total. The van der Waals surface area contributed by atoms with Crippen molar-refractivity contribution in [1.82, 2.24) is 0 Å². The van der Waals surface area contributed by atoms with Gasteiger partial charge in [-0.1, -0.05) is 40.0 Å². The molecule has 1 heterocycles. The normalized spacial score (nSPS) is 11.5. The smallest absolute Gasteiger partial charge is 0.362 e. The van der Waals surface area contributed by atoms with E-state index in [1.54, 1.807) is 18.2 Å². The predicted octanol–water partition coefficient (Wildman–Crippen LogP) is 6.22. The summed E-state index contributed by atoms with van der Waals surface area (Å²) in [6, 6.07) is 7.63. The highest BCUT2D eigenvalue weighted by atomic mass is 31.2. The largest absolute Gasteiger partial charge is 0.507 e. The average molecular weight is 565 g/mol. The lowest BCUT2D eigenvalue weighted by Crippen LogP contribution is -2.11. The molecule has 0 saturated heterocycles. The fourth-order valence-electron chi connectivity index (χ4n) is 3.68. The summed E-state index contributed by atoms with van der Waals surface area (Å²) in [6.07, 6.45) is 4.10.